The van der Waals surface area contributed by atoms with Crippen molar-refractivity contribution in [3.63, 3.8) is 0 Å². The molecule has 2 aliphatic heterocycles. The Kier molecular flexibility index (Phi) is 4.16. The van der Waals surface area contributed by atoms with Crippen LogP contribution in [-0.4, -0.2) is 43.8 Å². The van der Waals surface area contributed by atoms with Crippen LogP contribution in [0.1, 0.15) is 17.5 Å². The van der Waals surface area contributed by atoms with Crippen molar-refractivity contribution < 1.29 is 4.74 Å². The Morgan fingerprint density at radius 2 is 1.89 bits per heavy atom. The van der Waals surface area contributed by atoms with Gasteiger partial charge >= 0.3 is 0 Å². The average Bonchev–Trinajstić information content (AvgIpc) is 2.90. The van der Waals surface area contributed by atoms with E-state index >= 15 is 0 Å². The van der Waals surface area contributed by atoms with Crippen molar-refractivity contribution in [3.8, 4) is 0 Å². The van der Waals surface area contributed by atoms with Crippen LogP contribution in [0.15, 0.2) is 24.3 Å². The smallest absolute Gasteiger partial charge is 0.0510 e. The summed E-state index contributed by atoms with van der Waals surface area (Å²) in [6, 6.07) is 9.10. The summed E-state index contributed by atoms with van der Waals surface area (Å²) >= 11 is 0. The highest BCUT2D eigenvalue weighted by atomic mass is 16.5. The van der Waals surface area contributed by atoms with E-state index in [1.165, 1.54) is 11.1 Å². The zero-order chi connectivity index (χ0) is 13.1. The maximum absolute atomic E-state index is 6.34. The van der Waals surface area contributed by atoms with Gasteiger partial charge in [-0.25, -0.2) is 0 Å². The van der Waals surface area contributed by atoms with Crippen LogP contribution >= 0.6 is 0 Å². The SMILES string of the molecule is NC(CN1CCc2ccccc2CC1)C1CCOC1. The van der Waals surface area contributed by atoms with Crippen molar-refractivity contribution in [2.75, 3.05) is 32.8 Å². The van der Waals surface area contributed by atoms with E-state index in [2.05, 4.69) is 29.2 Å². The maximum atomic E-state index is 6.34. The topological polar surface area (TPSA) is 38.5 Å². The first-order valence-electron chi connectivity index (χ1n) is 7.45. The molecule has 1 saturated heterocycles. The molecule has 104 valence electrons. The molecule has 2 heterocycles. The number of rotatable bonds is 3. The van der Waals surface area contributed by atoms with Crippen molar-refractivity contribution in [1.82, 2.24) is 4.90 Å². The largest absolute Gasteiger partial charge is 0.381 e. The summed E-state index contributed by atoms with van der Waals surface area (Å²) in [5.74, 6) is 0.561. The van der Waals surface area contributed by atoms with Gasteiger partial charge in [-0.1, -0.05) is 24.3 Å². The minimum Gasteiger partial charge on any atom is -0.381 e. The Hall–Kier alpha value is -0.900. The van der Waals surface area contributed by atoms with Crippen molar-refractivity contribution in [1.29, 1.82) is 0 Å². The molecule has 2 N–H and O–H groups in total. The van der Waals surface area contributed by atoms with Gasteiger partial charge in [0.05, 0.1) is 6.61 Å². The molecule has 0 aromatic heterocycles. The van der Waals surface area contributed by atoms with Crippen molar-refractivity contribution in [2.45, 2.75) is 25.3 Å². The first kappa shape index (κ1) is 13.1. The predicted octanol–water partition coefficient (Wildman–Crippen LogP) is 1.45. The first-order valence-corrected chi connectivity index (χ1v) is 7.45. The molecular weight excluding hydrogens is 236 g/mol. The average molecular weight is 260 g/mol. The zero-order valence-corrected chi connectivity index (χ0v) is 11.6. The van der Waals surface area contributed by atoms with Gasteiger partial charge in [-0.2, -0.15) is 0 Å². The molecule has 1 aromatic carbocycles. The van der Waals surface area contributed by atoms with Gasteiger partial charge in [0, 0.05) is 38.2 Å². The van der Waals surface area contributed by atoms with Crippen LogP contribution in [0, 0.1) is 5.92 Å². The van der Waals surface area contributed by atoms with Gasteiger partial charge in [0.15, 0.2) is 0 Å². The number of nitrogens with zero attached hydrogens (tertiary/aromatic N) is 1. The number of fused-ring (bicyclic) bond motifs is 1. The van der Waals surface area contributed by atoms with E-state index in [9.17, 15) is 0 Å². The fourth-order valence-corrected chi connectivity index (χ4v) is 3.23. The molecule has 2 atom stereocenters. The second kappa shape index (κ2) is 6.04. The number of ether oxygens (including phenoxy) is 1. The van der Waals surface area contributed by atoms with Crippen LogP contribution in [0.3, 0.4) is 0 Å². The molecule has 2 unspecified atom stereocenters. The molecule has 0 spiro atoms. The lowest BCUT2D eigenvalue weighted by atomic mass is 9.99. The van der Waals surface area contributed by atoms with Crippen molar-refractivity contribution >= 4 is 0 Å². The molecule has 0 amide bonds. The van der Waals surface area contributed by atoms with Crippen LogP contribution in [0.25, 0.3) is 0 Å². The lowest BCUT2D eigenvalue weighted by Gasteiger charge is -2.26. The molecular formula is C16H24N2O. The molecule has 3 heteroatoms. The number of hydrogen-bond donors (Lipinski definition) is 1. The van der Waals surface area contributed by atoms with Crippen LogP contribution in [-0.2, 0) is 17.6 Å². The van der Waals surface area contributed by atoms with Gasteiger partial charge in [0.2, 0.25) is 0 Å². The Morgan fingerprint density at radius 3 is 2.47 bits per heavy atom. The minimum atomic E-state index is 0.267. The Balaban J connectivity index is 1.56. The second-order valence-electron chi connectivity index (χ2n) is 5.86. The summed E-state index contributed by atoms with van der Waals surface area (Å²) in [5, 5.41) is 0. The monoisotopic (exact) mass is 260 g/mol. The summed E-state index contributed by atoms with van der Waals surface area (Å²) in [7, 11) is 0. The van der Waals surface area contributed by atoms with Crippen LogP contribution < -0.4 is 5.73 Å². The van der Waals surface area contributed by atoms with E-state index < -0.39 is 0 Å². The lowest BCUT2D eigenvalue weighted by molar-refractivity contribution is 0.171. The van der Waals surface area contributed by atoms with Gasteiger partial charge in [0.25, 0.3) is 0 Å². The summed E-state index contributed by atoms with van der Waals surface area (Å²) in [6.07, 6.45) is 3.45. The van der Waals surface area contributed by atoms with Crippen LogP contribution in [0.4, 0.5) is 0 Å². The Bertz CT molecular complexity index is 388. The van der Waals surface area contributed by atoms with E-state index in [1.807, 2.05) is 0 Å². The summed E-state index contributed by atoms with van der Waals surface area (Å²) in [4.78, 5) is 2.53. The Labute approximate surface area is 115 Å². The molecule has 0 aliphatic carbocycles. The van der Waals surface area contributed by atoms with Crippen molar-refractivity contribution in [3.05, 3.63) is 35.4 Å². The summed E-state index contributed by atoms with van der Waals surface area (Å²) in [6.45, 7) is 5.04. The molecule has 0 bridgehead atoms. The summed E-state index contributed by atoms with van der Waals surface area (Å²) in [5.41, 5.74) is 9.38. The van der Waals surface area contributed by atoms with Crippen LogP contribution in [0.5, 0.6) is 0 Å². The first-order chi connectivity index (χ1) is 9.33. The molecule has 1 aromatic rings. The Morgan fingerprint density at radius 1 is 1.21 bits per heavy atom. The minimum absolute atomic E-state index is 0.267. The fourth-order valence-electron chi connectivity index (χ4n) is 3.23. The molecule has 0 saturated carbocycles. The van der Waals surface area contributed by atoms with Crippen molar-refractivity contribution in [2.24, 2.45) is 11.7 Å². The lowest BCUT2D eigenvalue weighted by Crippen LogP contribution is -2.43. The third kappa shape index (κ3) is 3.16. The highest BCUT2D eigenvalue weighted by Crippen LogP contribution is 2.19. The standard InChI is InChI=1S/C16H24N2O/c17-16(15-7-10-19-12-15)11-18-8-5-13-3-1-2-4-14(13)6-9-18/h1-4,15-16H,5-12,17H2. The van der Waals surface area contributed by atoms with Gasteiger partial charge in [-0.3, -0.25) is 0 Å². The molecule has 3 nitrogen and oxygen atoms in total. The van der Waals surface area contributed by atoms with E-state index in [4.69, 9.17) is 10.5 Å². The van der Waals surface area contributed by atoms with Gasteiger partial charge in [-0.05, 0) is 30.4 Å². The quantitative estimate of drug-likeness (QED) is 0.894. The van der Waals surface area contributed by atoms with E-state index in [0.29, 0.717) is 5.92 Å². The molecule has 0 radical (unpaired) electrons. The van der Waals surface area contributed by atoms with Crippen LogP contribution in [0.2, 0.25) is 0 Å². The van der Waals surface area contributed by atoms with Gasteiger partial charge in [0.1, 0.15) is 0 Å². The van der Waals surface area contributed by atoms with E-state index in [0.717, 1.165) is 52.1 Å². The van der Waals surface area contributed by atoms with E-state index in [1.54, 1.807) is 0 Å². The highest BCUT2D eigenvalue weighted by molar-refractivity contribution is 5.28. The molecule has 1 fully saturated rings. The number of benzene rings is 1. The summed E-state index contributed by atoms with van der Waals surface area (Å²) < 4.78 is 5.44. The number of hydrogen-bond acceptors (Lipinski definition) is 3. The normalized spacial score (nSPS) is 25.8. The zero-order valence-electron chi connectivity index (χ0n) is 11.6. The third-order valence-corrected chi connectivity index (χ3v) is 4.55. The molecule has 2 aliphatic rings. The maximum Gasteiger partial charge on any atom is 0.0510 e. The number of nitrogens with two attached hydrogens (primary N) is 1. The van der Waals surface area contributed by atoms with Gasteiger partial charge in [-0.15, -0.1) is 0 Å². The second-order valence-corrected chi connectivity index (χ2v) is 5.86. The predicted molar refractivity (Wildman–Crippen MR) is 77.2 cm³/mol. The highest BCUT2D eigenvalue weighted by Gasteiger charge is 2.25. The third-order valence-electron chi connectivity index (χ3n) is 4.55. The fraction of sp³-hybridized carbons (Fsp3) is 0.625. The molecule has 3 rings (SSSR count). The van der Waals surface area contributed by atoms with Gasteiger partial charge < -0.3 is 15.4 Å². The molecule has 19 heavy (non-hydrogen) atoms. The van der Waals surface area contributed by atoms with E-state index in [-0.39, 0.29) is 6.04 Å².